The van der Waals surface area contributed by atoms with E-state index >= 15 is 0 Å². The van der Waals surface area contributed by atoms with Crippen molar-refractivity contribution in [2.75, 3.05) is 19.3 Å². The van der Waals surface area contributed by atoms with Crippen molar-refractivity contribution in [1.29, 1.82) is 0 Å². The molecule has 0 fully saturated rings. The van der Waals surface area contributed by atoms with Crippen molar-refractivity contribution in [3.8, 4) is 5.75 Å². The summed E-state index contributed by atoms with van der Waals surface area (Å²) in [4.78, 5) is 16.9. The molecule has 0 radical (unpaired) electrons. The van der Waals surface area contributed by atoms with Crippen LogP contribution in [0.2, 0.25) is 0 Å². The summed E-state index contributed by atoms with van der Waals surface area (Å²) in [5, 5.41) is 1.29. The van der Waals surface area contributed by atoms with Gasteiger partial charge < -0.3 is 4.74 Å². The predicted octanol–water partition coefficient (Wildman–Crippen LogP) is 1.71. The maximum atomic E-state index is 11.8. The van der Waals surface area contributed by atoms with Crippen molar-refractivity contribution >= 4 is 11.6 Å². The number of ether oxygens (including phenoxy) is 1. The number of para-hydroxylation sites is 1. The summed E-state index contributed by atoms with van der Waals surface area (Å²) in [6, 6.07) is 5.61. The molecule has 1 aliphatic heterocycles. The SMILES string of the molecule is COc1cccc2c1N(OC)C(=O)C2C. The van der Waals surface area contributed by atoms with Crippen molar-refractivity contribution in [2.24, 2.45) is 0 Å². The van der Waals surface area contributed by atoms with Crippen molar-refractivity contribution in [2.45, 2.75) is 12.8 Å². The van der Waals surface area contributed by atoms with E-state index in [1.807, 2.05) is 25.1 Å². The summed E-state index contributed by atoms with van der Waals surface area (Å²) in [5.41, 5.74) is 1.67. The van der Waals surface area contributed by atoms with Gasteiger partial charge in [0.1, 0.15) is 11.4 Å². The number of fused-ring (bicyclic) bond motifs is 1. The lowest BCUT2D eigenvalue weighted by Crippen LogP contribution is -2.26. The zero-order chi connectivity index (χ0) is 11.0. The molecule has 2 rings (SSSR count). The molecule has 0 aromatic heterocycles. The fraction of sp³-hybridized carbons (Fsp3) is 0.364. The van der Waals surface area contributed by atoms with Crippen LogP contribution >= 0.6 is 0 Å². The van der Waals surface area contributed by atoms with E-state index < -0.39 is 0 Å². The summed E-state index contributed by atoms with van der Waals surface area (Å²) >= 11 is 0. The smallest absolute Gasteiger partial charge is 0.258 e. The Bertz CT molecular complexity index is 403. The Labute approximate surface area is 88.4 Å². The Hall–Kier alpha value is -1.55. The first-order valence-electron chi connectivity index (χ1n) is 4.75. The van der Waals surface area contributed by atoms with E-state index in [2.05, 4.69) is 0 Å². The summed E-state index contributed by atoms with van der Waals surface area (Å²) in [6.07, 6.45) is 0. The lowest BCUT2D eigenvalue weighted by atomic mass is 10.0. The molecule has 0 saturated heterocycles. The first-order chi connectivity index (χ1) is 7.20. The lowest BCUT2D eigenvalue weighted by molar-refractivity contribution is -0.124. The number of amides is 1. The van der Waals surface area contributed by atoms with Gasteiger partial charge in [-0.05, 0) is 18.6 Å². The van der Waals surface area contributed by atoms with Crippen LogP contribution in [0.3, 0.4) is 0 Å². The largest absolute Gasteiger partial charge is 0.494 e. The van der Waals surface area contributed by atoms with Crippen molar-refractivity contribution in [3.05, 3.63) is 23.8 Å². The fourth-order valence-corrected chi connectivity index (χ4v) is 1.87. The average molecular weight is 207 g/mol. The van der Waals surface area contributed by atoms with E-state index in [0.717, 1.165) is 11.3 Å². The van der Waals surface area contributed by atoms with Gasteiger partial charge in [0.05, 0.1) is 20.1 Å². The second kappa shape index (κ2) is 3.55. The Balaban J connectivity index is 2.60. The van der Waals surface area contributed by atoms with Gasteiger partial charge >= 0.3 is 0 Å². The Morgan fingerprint density at radius 1 is 1.33 bits per heavy atom. The molecule has 15 heavy (non-hydrogen) atoms. The third kappa shape index (κ3) is 1.29. The van der Waals surface area contributed by atoms with E-state index in [1.165, 1.54) is 12.2 Å². The molecule has 1 atom stereocenters. The second-order valence-corrected chi connectivity index (χ2v) is 3.43. The van der Waals surface area contributed by atoms with Gasteiger partial charge in [-0.25, -0.2) is 0 Å². The molecule has 1 aliphatic rings. The Kier molecular flexibility index (Phi) is 2.36. The van der Waals surface area contributed by atoms with Crippen LogP contribution in [0, 0.1) is 0 Å². The summed E-state index contributed by atoms with van der Waals surface area (Å²) in [6.45, 7) is 1.86. The molecule has 0 aliphatic carbocycles. The van der Waals surface area contributed by atoms with Gasteiger partial charge in [0.25, 0.3) is 5.91 Å². The average Bonchev–Trinajstić information content (AvgIpc) is 2.52. The number of benzene rings is 1. The molecule has 0 saturated carbocycles. The summed E-state index contributed by atoms with van der Waals surface area (Å²) in [5.74, 6) is 0.430. The highest BCUT2D eigenvalue weighted by molar-refractivity contribution is 6.04. The third-order valence-electron chi connectivity index (χ3n) is 2.67. The minimum absolute atomic E-state index is 0.0583. The van der Waals surface area contributed by atoms with Gasteiger partial charge in [-0.15, -0.1) is 0 Å². The van der Waals surface area contributed by atoms with Crippen LogP contribution in [0.5, 0.6) is 5.75 Å². The maximum Gasteiger partial charge on any atom is 0.258 e. The lowest BCUT2D eigenvalue weighted by Gasteiger charge is -2.16. The van der Waals surface area contributed by atoms with E-state index in [1.54, 1.807) is 7.11 Å². The Morgan fingerprint density at radius 3 is 2.67 bits per heavy atom. The number of hydrogen-bond acceptors (Lipinski definition) is 3. The fourth-order valence-electron chi connectivity index (χ4n) is 1.87. The predicted molar refractivity (Wildman–Crippen MR) is 55.9 cm³/mol. The maximum absolute atomic E-state index is 11.8. The molecular weight excluding hydrogens is 194 g/mol. The minimum atomic E-state index is -0.171. The summed E-state index contributed by atoms with van der Waals surface area (Å²) < 4.78 is 5.21. The highest BCUT2D eigenvalue weighted by atomic mass is 16.7. The minimum Gasteiger partial charge on any atom is -0.494 e. The van der Waals surface area contributed by atoms with Crippen LogP contribution in [0.1, 0.15) is 18.4 Å². The highest BCUT2D eigenvalue weighted by Gasteiger charge is 2.37. The summed E-state index contributed by atoms with van der Waals surface area (Å²) in [7, 11) is 3.06. The molecule has 4 heteroatoms. The first-order valence-corrected chi connectivity index (χ1v) is 4.75. The molecule has 80 valence electrons. The van der Waals surface area contributed by atoms with Gasteiger partial charge in [0.15, 0.2) is 0 Å². The number of rotatable bonds is 2. The first kappa shape index (κ1) is 9.98. The molecule has 0 bridgehead atoms. The van der Waals surface area contributed by atoms with Crippen LogP contribution in [0.25, 0.3) is 0 Å². The standard InChI is InChI=1S/C11H13NO3/c1-7-8-5-4-6-9(14-2)10(8)12(15-3)11(7)13/h4-7H,1-3H3. The number of anilines is 1. The second-order valence-electron chi connectivity index (χ2n) is 3.43. The normalized spacial score (nSPS) is 19.3. The monoisotopic (exact) mass is 207 g/mol. The quantitative estimate of drug-likeness (QED) is 0.741. The van der Waals surface area contributed by atoms with Gasteiger partial charge in [-0.1, -0.05) is 12.1 Å². The zero-order valence-corrected chi connectivity index (χ0v) is 8.98. The van der Waals surface area contributed by atoms with Crippen LogP contribution in [-0.4, -0.2) is 20.1 Å². The Morgan fingerprint density at radius 2 is 2.07 bits per heavy atom. The van der Waals surface area contributed by atoms with E-state index in [-0.39, 0.29) is 11.8 Å². The molecule has 0 N–H and O–H groups in total. The van der Waals surface area contributed by atoms with Crippen LogP contribution in [-0.2, 0) is 9.63 Å². The van der Waals surface area contributed by atoms with Gasteiger partial charge in [0, 0.05) is 0 Å². The van der Waals surface area contributed by atoms with Crippen LogP contribution < -0.4 is 9.80 Å². The van der Waals surface area contributed by atoms with E-state index in [4.69, 9.17) is 9.57 Å². The van der Waals surface area contributed by atoms with Crippen molar-refractivity contribution < 1.29 is 14.4 Å². The molecular formula is C11H13NO3. The number of carbonyl (C=O) groups excluding carboxylic acids is 1. The van der Waals surface area contributed by atoms with Crippen molar-refractivity contribution in [1.82, 2.24) is 0 Å². The third-order valence-corrected chi connectivity index (χ3v) is 2.67. The van der Waals surface area contributed by atoms with E-state index in [0.29, 0.717) is 5.75 Å². The number of hydroxylamine groups is 1. The van der Waals surface area contributed by atoms with Gasteiger partial charge in [-0.2, -0.15) is 5.06 Å². The van der Waals surface area contributed by atoms with Gasteiger partial charge in [0.2, 0.25) is 0 Å². The number of methoxy groups -OCH3 is 1. The molecule has 1 heterocycles. The molecule has 4 nitrogen and oxygen atoms in total. The topological polar surface area (TPSA) is 38.8 Å². The van der Waals surface area contributed by atoms with E-state index in [9.17, 15) is 4.79 Å². The van der Waals surface area contributed by atoms with Gasteiger partial charge in [-0.3, -0.25) is 9.63 Å². The van der Waals surface area contributed by atoms with Crippen LogP contribution in [0.4, 0.5) is 5.69 Å². The number of nitrogens with zero attached hydrogens (tertiary/aromatic N) is 1. The number of hydrogen-bond donors (Lipinski definition) is 0. The molecule has 1 aromatic rings. The molecule has 1 amide bonds. The number of carbonyl (C=O) groups is 1. The highest BCUT2D eigenvalue weighted by Crippen LogP contribution is 2.43. The van der Waals surface area contributed by atoms with Crippen molar-refractivity contribution in [3.63, 3.8) is 0 Å². The molecule has 1 aromatic carbocycles. The van der Waals surface area contributed by atoms with Crippen LogP contribution in [0.15, 0.2) is 18.2 Å². The zero-order valence-electron chi connectivity index (χ0n) is 8.98. The molecule has 1 unspecified atom stereocenters. The molecule has 0 spiro atoms.